The van der Waals surface area contributed by atoms with Gasteiger partial charge in [0.05, 0.1) is 18.3 Å². The Morgan fingerprint density at radius 1 is 0.857 bits per heavy atom. The summed E-state index contributed by atoms with van der Waals surface area (Å²) >= 11 is 0. The monoisotopic (exact) mass is 393 g/mol. The van der Waals surface area contributed by atoms with Crippen molar-refractivity contribution in [3.8, 4) is 0 Å². The van der Waals surface area contributed by atoms with E-state index in [-0.39, 0.29) is 11.1 Å². The van der Waals surface area contributed by atoms with Crippen molar-refractivity contribution in [2.75, 3.05) is 0 Å². The summed E-state index contributed by atoms with van der Waals surface area (Å²) in [4.78, 5) is 4.70. The summed E-state index contributed by atoms with van der Waals surface area (Å²) in [5.74, 6) is 0. The van der Waals surface area contributed by atoms with Gasteiger partial charge < -0.3 is 0 Å². The average molecular weight is 394 g/mol. The van der Waals surface area contributed by atoms with Gasteiger partial charge in [-0.05, 0) is 53.2 Å². The van der Waals surface area contributed by atoms with E-state index >= 15 is 0 Å². The summed E-state index contributed by atoms with van der Waals surface area (Å²) in [6.45, 7) is 13.3. The lowest BCUT2D eigenvalue weighted by molar-refractivity contribution is 0.521. The Balaban J connectivity index is 2.27. The van der Waals surface area contributed by atoms with Crippen molar-refractivity contribution < 1.29 is 0 Å². The zero-order chi connectivity index (χ0) is 20.4. The molecule has 0 aliphatic carbocycles. The number of hydrogen-bond donors (Lipinski definition) is 1. The van der Waals surface area contributed by atoms with Gasteiger partial charge in [-0.25, -0.2) is 0 Å². The van der Waals surface area contributed by atoms with Gasteiger partial charge in [0.15, 0.2) is 0 Å². The largest absolute Gasteiger partial charge is 0.278 e. The Hall–Kier alpha value is -1.96. The van der Waals surface area contributed by atoms with Crippen LogP contribution in [0.4, 0.5) is 0 Å². The molecule has 0 spiro atoms. The minimum Gasteiger partial charge on any atom is -0.278 e. The van der Waals surface area contributed by atoms with Crippen LogP contribution >= 0.6 is 7.21 Å². The summed E-state index contributed by atoms with van der Waals surface area (Å²) in [5, 5.41) is 6.44. The normalized spacial score (nSPS) is 14.6. The van der Waals surface area contributed by atoms with Crippen molar-refractivity contribution in [2.45, 2.75) is 58.8 Å². The molecular formula is C24H32N3P. The van der Waals surface area contributed by atoms with Crippen LogP contribution in [0.15, 0.2) is 71.6 Å². The maximum atomic E-state index is 5.47. The van der Waals surface area contributed by atoms with Crippen LogP contribution in [0.5, 0.6) is 0 Å². The number of aromatic nitrogens is 1. The highest BCUT2D eigenvalue weighted by atomic mass is 31.2. The molecule has 0 amide bonds. The molecule has 1 unspecified atom stereocenters. The standard InChI is InChI=1S/C24H32N3P/c1-23(2,3)26-28(27-24(4,5)6,21-15-8-7-9-16-21)18-20-13-10-12-19-14-11-17-25-22(19)20/h7-17,26H,18H2,1-6H3. The molecule has 0 saturated heterocycles. The quantitative estimate of drug-likeness (QED) is 0.523. The van der Waals surface area contributed by atoms with Crippen LogP contribution in [-0.4, -0.2) is 16.1 Å². The van der Waals surface area contributed by atoms with E-state index in [0.717, 1.165) is 11.7 Å². The first-order chi connectivity index (χ1) is 13.1. The molecule has 1 atom stereocenters. The molecule has 0 saturated carbocycles. The number of hydrogen-bond acceptors (Lipinski definition) is 2. The van der Waals surface area contributed by atoms with Crippen molar-refractivity contribution in [2.24, 2.45) is 4.74 Å². The molecular weight excluding hydrogens is 361 g/mol. The first kappa shape index (κ1) is 20.8. The molecule has 1 N–H and O–H groups in total. The Morgan fingerprint density at radius 2 is 1.54 bits per heavy atom. The van der Waals surface area contributed by atoms with E-state index in [4.69, 9.17) is 9.73 Å². The molecule has 3 aromatic rings. The van der Waals surface area contributed by atoms with Crippen molar-refractivity contribution >= 4 is 23.4 Å². The van der Waals surface area contributed by atoms with Gasteiger partial charge in [0.2, 0.25) is 0 Å². The van der Waals surface area contributed by atoms with Crippen molar-refractivity contribution in [3.05, 3.63) is 72.4 Å². The summed E-state index contributed by atoms with van der Waals surface area (Å²) in [6, 6.07) is 21.4. The van der Waals surface area contributed by atoms with Crippen LogP contribution in [-0.2, 0) is 6.16 Å². The third-order valence-corrected chi connectivity index (χ3v) is 8.22. The minimum atomic E-state index is -2.08. The van der Waals surface area contributed by atoms with E-state index in [2.05, 4.69) is 101 Å². The SMILES string of the molecule is CC(C)(C)N=P(Cc1cccc2cccnc12)(NC(C)(C)C)c1ccccc1. The van der Waals surface area contributed by atoms with E-state index in [1.165, 1.54) is 16.3 Å². The van der Waals surface area contributed by atoms with Crippen molar-refractivity contribution in [1.82, 2.24) is 10.1 Å². The fraction of sp³-hybridized carbons (Fsp3) is 0.375. The van der Waals surface area contributed by atoms with Crippen molar-refractivity contribution in [3.63, 3.8) is 0 Å². The molecule has 3 rings (SSSR count). The summed E-state index contributed by atoms with van der Waals surface area (Å²) in [7, 11) is -2.08. The lowest BCUT2D eigenvalue weighted by Crippen LogP contribution is -2.38. The number of nitrogens with zero attached hydrogens (tertiary/aromatic N) is 2. The van der Waals surface area contributed by atoms with Gasteiger partial charge in [-0.1, -0.05) is 54.6 Å². The highest BCUT2D eigenvalue weighted by Gasteiger charge is 2.30. The molecule has 148 valence electrons. The Labute approximate surface area is 169 Å². The lowest BCUT2D eigenvalue weighted by atomic mass is 10.1. The predicted octanol–water partition coefficient (Wildman–Crippen LogP) is 6.36. The first-order valence-electron chi connectivity index (χ1n) is 9.88. The van der Waals surface area contributed by atoms with Gasteiger partial charge in [-0.2, -0.15) is 0 Å². The Bertz CT molecular complexity index is 990. The summed E-state index contributed by atoms with van der Waals surface area (Å²) in [6.07, 6.45) is 2.73. The van der Waals surface area contributed by atoms with E-state index < -0.39 is 7.21 Å². The maximum Gasteiger partial charge on any atom is 0.0738 e. The number of para-hydroxylation sites is 1. The number of nitrogens with one attached hydrogen (secondary N) is 1. The van der Waals surface area contributed by atoms with Crippen LogP contribution in [0.1, 0.15) is 47.1 Å². The molecule has 1 aromatic heterocycles. The van der Waals surface area contributed by atoms with Crippen LogP contribution < -0.4 is 10.4 Å². The molecule has 2 aromatic carbocycles. The van der Waals surface area contributed by atoms with Gasteiger partial charge in [-0.3, -0.25) is 14.8 Å². The fourth-order valence-corrected chi connectivity index (χ4v) is 7.77. The number of benzene rings is 2. The van der Waals surface area contributed by atoms with Gasteiger partial charge in [0.1, 0.15) is 0 Å². The molecule has 0 aliphatic rings. The van der Waals surface area contributed by atoms with Crippen LogP contribution in [0.2, 0.25) is 0 Å². The molecule has 3 nitrogen and oxygen atoms in total. The Kier molecular flexibility index (Phi) is 5.79. The van der Waals surface area contributed by atoms with E-state index in [1.807, 2.05) is 12.3 Å². The minimum absolute atomic E-state index is 0.0591. The Morgan fingerprint density at radius 3 is 2.18 bits per heavy atom. The molecule has 0 fully saturated rings. The molecule has 4 heteroatoms. The number of rotatable bonds is 4. The second kappa shape index (κ2) is 7.81. The van der Waals surface area contributed by atoms with Gasteiger partial charge >= 0.3 is 0 Å². The third-order valence-electron chi connectivity index (χ3n) is 4.29. The zero-order valence-electron chi connectivity index (χ0n) is 17.9. The fourth-order valence-electron chi connectivity index (χ4n) is 3.60. The lowest BCUT2D eigenvalue weighted by Gasteiger charge is -2.36. The maximum absolute atomic E-state index is 5.47. The second-order valence-corrected chi connectivity index (χ2v) is 12.2. The van der Waals surface area contributed by atoms with Crippen molar-refractivity contribution in [1.29, 1.82) is 0 Å². The summed E-state index contributed by atoms with van der Waals surface area (Å²) in [5.41, 5.74) is 2.11. The third kappa shape index (κ3) is 5.10. The number of fused-ring (bicyclic) bond motifs is 1. The molecule has 0 bridgehead atoms. The topological polar surface area (TPSA) is 37.3 Å². The highest BCUT2D eigenvalue weighted by Crippen LogP contribution is 2.52. The van der Waals surface area contributed by atoms with Gasteiger partial charge in [0, 0.05) is 28.6 Å². The van der Waals surface area contributed by atoms with Crippen LogP contribution in [0, 0.1) is 0 Å². The molecule has 0 radical (unpaired) electrons. The zero-order valence-corrected chi connectivity index (χ0v) is 18.8. The highest BCUT2D eigenvalue weighted by molar-refractivity contribution is 7.71. The second-order valence-electron chi connectivity index (χ2n) is 9.39. The smallest absolute Gasteiger partial charge is 0.0738 e. The van der Waals surface area contributed by atoms with Gasteiger partial charge in [-0.15, -0.1) is 0 Å². The summed E-state index contributed by atoms with van der Waals surface area (Å²) < 4.78 is 5.47. The predicted molar refractivity (Wildman–Crippen MR) is 124 cm³/mol. The van der Waals surface area contributed by atoms with E-state index in [0.29, 0.717) is 0 Å². The van der Waals surface area contributed by atoms with Crippen LogP contribution in [0.25, 0.3) is 10.9 Å². The first-order valence-corrected chi connectivity index (χ1v) is 11.8. The van der Waals surface area contributed by atoms with Gasteiger partial charge in [0.25, 0.3) is 0 Å². The molecule has 1 heterocycles. The number of pyridine rings is 1. The average Bonchev–Trinajstić information content (AvgIpc) is 2.60. The van der Waals surface area contributed by atoms with Crippen LogP contribution in [0.3, 0.4) is 0 Å². The molecule has 28 heavy (non-hydrogen) atoms. The van der Waals surface area contributed by atoms with E-state index in [1.54, 1.807) is 0 Å². The molecule has 0 aliphatic heterocycles. The van der Waals surface area contributed by atoms with E-state index in [9.17, 15) is 0 Å².